The van der Waals surface area contributed by atoms with Gasteiger partial charge in [0.05, 0.1) is 0 Å². The Labute approximate surface area is 216 Å². The topological polar surface area (TPSA) is 6.48 Å². The van der Waals surface area contributed by atoms with Gasteiger partial charge in [-0.1, -0.05) is 115 Å². The molecule has 0 fully saturated rings. The first-order valence-corrected chi connectivity index (χ1v) is 15.4. The van der Waals surface area contributed by atoms with Crippen molar-refractivity contribution in [3.8, 4) is 0 Å². The zero-order valence-corrected chi connectivity index (χ0v) is 24.2. The second-order valence-corrected chi connectivity index (χ2v) is 10.7. The molecule has 0 saturated carbocycles. The average Bonchev–Trinajstić information content (AvgIpc) is 2.82. The van der Waals surface area contributed by atoms with Gasteiger partial charge in [-0.25, -0.2) is 0 Å². The molecule has 0 N–H and O–H groups in total. The maximum Gasteiger partial charge on any atom is -0.000655 e. The Bertz CT molecular complexity index is 427. The summed E-state index contributed by atoms with van der Waals surface area (Å²) in [7, 11) is 4.40. The summed E-state index contributed by atoms with van der Waals surface area (Å²) in [5.74, 6) is 0. The van der Waals surface area contributed by atoms with Gasteiger partial charge in [0.25, 0.3) is 0 Å². The molecule has 0 rings (SSSR count). The predicted octanol–water partition coefficient (Wildman–Crippen LogP) is 9.80. The minimum absolute atomic E-state index is 1.12. The summed E-state index contributed by atoms with van der Waals surface area (Å²) >= 11 is 0. The fourth-order valence-corrected chi connectivity index (χ4v) is 4.56. The van der Waals surface area contributed by atoms with Crippen LogP contribution in [0.4, 0.5) is 0 Å². The predicted molar refractivity (Wildman–Crippen MR) is 157 cm³/mol. The van der Waals surface area contributed by atoms with Gasteiger partial charge in [0.2, 0.25) is 0 Å². The number of allylic oxidation sites excluding steroid dienone is 4. The molecule has 0 heterocycles. The van der Waals surface area contributed by atoms with Gasteiger partial charge in [-0.2, -0.15) is 0 Å². The molecular formula is C32H64N2. The van der Waals surface area contributed by atoms with Gasteiger partial charge >= 0.3 is 0 Å². The number of nitrogens with zero attached hydrogens (tertiary/aromatic N) is 2. The summed E-state index contributed by atoms with van der Waals surface area (Å²) in [5.41, 5.74) is 0. The molecule has 0 aliphatic carbocycles. The molecule has 0 spiro atoms. The third-order valence-corrected chi connectivity index (χ3v) is 6.83. The van der Waals surface area contributed by atoms with Crippen LogP contribution in [-0.4, -0.2) is 50.1 Å². The summed E-state index contributed by atoms with van der Waals surface area (Å²) in [5, 5.41) is 0. The molecule has 2 nitrogen and oxygen atoms in total. The highest BCUT2D eigenvalue weighted by Crippen LogP contribution is 2.11. The number of unbranched alkanes of at least 4 members (excludes halogenated alkanes) is 15. The first-order chi connectivity index (χ1) is 16.7. The van der Waals surface area contributed by atoms with E-state index in [1.165, 1.54) is 148 Å². The van der Waals surface area contributed by atoms with Crippen molar-refractivity contribution >= 4 is 0 Å². The van der Waals surface area contributed by atoms with E-state index < -0.39 is 0 Å². The molecule has 0 unspecified atom stereocenters. The summed E-state index contributed by atoms with van der Waals surface area (Å²) in [6.45, 7) is 9.72. The standard InChI is InChI=1S/C32H64N2/c1-5-7-9-11-13-14-15-16-17-18-19-20-21-23-25-27-31-34(32-28-29-33(3)4)30-26-24-22-12-10-8-6-2/h13-14,16-17H,5-12,15,18-32H2,1-4H3/b14-13+,17-16+. The van der Waals surface area contributed by atoms with E-state index >= 15 is 0 Å². The molecule has 2 heteroatoms. The first-order valence-electron chi connectivity index (χ1n) is 15.4. The van der Waals surface area contributed by atoms with Crippen molar-refractivity contribution in [1.82, 2.24) is 9.80 Å². The minimum atomic E-state index is 1.12. The lowest BCUT2D eigenvalue weighted by atomic mass is 10.1. The van der Waals surface area contributed by atoms with Crippen molar-refractivity contribution in [3.05, 3.63) is 24.3 Å². The van der Waals surface area contributed by atoms with Crippen LogP contribution in [0.5, 0.6) is 0 Å². The number of hydrogen-bond acceptors (Lipinski definition) is 2. The van der Waals surface area contributed by atoms with Crippen molar-refractivity contribution in [3.63, 3.8) is 0 Å². The fraction of sp³-hybridized carbons (Fsp3) is 0.875. The van der Waals surface area contributed by atoms with Gasteiger partial charge in [0, 0.05) is 0 Å². The Morgan fingerprint density at radius 3 is 1.35 bits per heavy atom. The Morgan fingerprint density at radius 1 is 0.412 bits per heavy atom. The summed E-state index contributed by atoms with van der Waals surface area (Å²) in [6.07, 6.45) is 36.8. The van der Waals surface area contributed by atoms with Crippen LogP contribution in [0.2, 0.25) is 0 Å². The Kier molecular flexibility index (Phi) is 28.1. The molecule has 0 aromatic heterocycles. The molecule has 0 aliphatic heterocycles. The van der Waals surface area contributed by atoms with Gasteiger partial charge in [0.1, 0.15) is 0 Å². The largest absolute Gasteiger partial charge is 0.309 e. The monoisotopic (exact) mass is 477 g/mol. The fourth-order valence-electron chi connectivity index (χ4n) is 4.56. The SMILES string of the molecule is CCCCC/C=C/C/C=C/CCCCCCCCN(CCCCCCCCC)CCCN(C)C. The number of hydrogen-bond donors (Lipinski definition) is 0. The lowest BCUT2D eigenvalue weighted by Crippen LogP contribution is -2.29. The maximum atomic E-state index is 2.76. The molecule has 0 amide bonds. The molecule has 0 aromatic carbocycles. The van der Waals surface area contributed by atoms with Gasteiger partial charge < -0.3 is 9.80 Å². The Morgan fingerprint density at radius 2 is 0.824 bits per heavy atom. The zero-order valence-electron chi connectivity index (χ0n) is 24.2. The Hall–Kier alpha value is -0.600. The second kappa shape index (κ2) is 28.6. The third kappa shape index (κ3) is 27.6. The Balaban J connectivity index is 3.70. The summed E-state index contributed by atoms with van der Waals surface area (Å²) in [6, 6.07) is 0. The van der Waals surface area contributed by atoms with Crippen LogP contribution < -0.4 is 0 Å². The molecule has 0 atom stereocenters. The van der Waals surface area contributed by atoms with E-state index in [0.29, 0.717) is 0 Å². The lowest BCUT2D eigenvalue weighted by Gasteiger charge is -2.23. The van der Waals surface area contributed by atoms with Gasteiger partial charge in [-0.05, 0) is 91.6 Å². The van der Waals surface area contributed by atoms with Crippen LogP contribution in [0.1, 0.15) is 142 Å². The highest BCUT2D eigenvalue weighted by Gasteiger charge is 2.05. The van der Waals surface area contributed by atoms with Crippen molar-refractivity contribution in [2.75, 3.05) is 40.3 Å². The van der Waals surface area contributed by atoms with E-state index in [-0.39, 0.29) is 0 Å². The molecule has 0 aromatic rings. The molecule has 0 saturated heterocycles. The molecule has 0 bridgehead atoms. The first kappa shape index (κ1) is 33.4. The lowest BCUT2D eigenvalue weighted by molar-refractivity contribution is 0.244. The zero-order chi connectivity index (χ0) is 25.0. The maximum absolute atomic E-state index is 2.76. The van der Waals surface area contributed by atoms with E-state index in [9.17, 15) is 0 Å². The smallest absolute Gasteiger partial charge is 0.000655 e. The minimum Gasteiger partial charge on any atom is -0.309 e. The van der Waals surface area contributed by atoms with Crippen LogP contribution >= 0.6 is 0 Å². The van der Waals surface area contributed by atoms with Crippen molar-refractivity contribution in [1.29, 1.82) is 0 Å². The van der Waals surface area contributed by atoms with Crippen LogP contribution in [0, 0.1) is 0 Å². The average molecular weight is 477 g/mol. The van der Waals surface area contributed by atoms with Crippen LogP contribution in [-0.2, 0) is 0 Å². The van der Waals surface area contributed by atoms with E-state index in [1.807, 2.05) is 0 Å². The van der Waals surface area contributed by atoms with Gasteiger partial charge in [0.15, 0.2) is 0 Å². The molecule has 202 valence electrons. The third-order valence-electron chi connectivity index (χ3n) is 6.83. The summed E-state index contributed by atoms with van der Waals surface area (Å²) < 4.78 is 0. The molecule has 0 aliphatic rings. The quantitative estimate of drug-likeness (QED) is 0.0859. The van der Waals surface area contributed by atoms with E-state index in [2.05, 4.69) is 62.0 Å². The molecular weight excluding hydrogens is 412 g/mol. The van der Waals surface area contributed by atoms with Crippen LogP contribution in [0.15, 0.2) is 24.3 Å². The van der Waals surface area contributed by atoms with Crippen LogP contribution in [0.3, 0.4) is 0 Å². The molecule has 0 radical (unpaired) electrons. The number of rotatable bonds is 27. The van der Waals surface area contributed by atoms with Crippen LogP contribution in [0.25, 0.3) is 0 Å². The highest BCUT2D eigenvalue weighted by molar-refractivity contribution is 4.92. The van der Waals surface area contributed by atoms with E-state index in [4.69, 9.17) is 0 Å². The summed E-state index contributed by atoms with van der Waals surface area (Å²) in [4.78, 5) is 5.09. The van der Waals surface area contributed by atoms with Crippen molar-refractivity contribution in [2.45, 2.75) is 142 Å². The molecule has 34 heavy (non-hydrogen) atoms. The normalized spacial score (nSPS) is 12.3. The van der Waals surface area contributed by atoms with E-state index in [1.54, 1.807) is 0 Å². The van der Waals surface area contributed by atoms with Crippen molar-refractivity contribution < 1.29 is 0 Å². The van der Waals surface area contributed by atoms with Crippen molar-refractivity contribution in [2.24, 2.45) is 0 Å². The van der Waals surface area contributed by atoms with E-state index in [0.717, 1.165) is 6.42 Å². The second-order valence-electron chi connectivity index (χ2n) is 10.7. The van der Waals surface area contributed by atoms with Gasteiger partial charge in [-0.15, -0.1) is 0 Å². The highest BCUT2D eigenvalue weighted by atomic mass is 15.1. The van der Waals surface area contributed by atoms with Gasteiger partial charge in [-0.3, -0.25) is 0 Å².